The van der Waals surface area contributed by atoms with Crippen molar-refractivity contribution < 1.29 is 4.79 Å². The first-order chi connectivity index (χ1) is 5.14. The van der Waals surface area contributed by atoms with Crippen LogP contribution in [-0.4, -0.2) is 11.3 Å². The number of hydrogen-bond acceptors (Lipinski definition) is 1. The van der Waals surface area contributed by atoms with Gasteiger partial charge in [-0.1, -0.05) is 13.8 Å². The highest BCUT2D eigenvalue weighted by Gasteiger charge is 2.16. The van der Waals surface area contributed by atoms with Gasteiger partial charge in [0.25, 0.3) is 0 Å². The highest BCUT2D eigenvalue weighted by atomic mass is 16.1. The molecule has 0 aliphatic rings. The Balaban J connectivity index is 2.63. The van der Waals surface area contributed by atoms with Crippen LogP contribution in [-0.2, 0) is 11.2 Å². The number of hydrogen-bond donors (Lipinski definition) is 1. The fraction of sp³-hybridized carbons (Fsp3) is 0.444. The van der Waals surface area contributed by atoms with Crippen molar-refractivity contribution >= 4 is 6.29 Å². The molecule has 0 aliphatic carbocycles. The molecule has 0 atom stereocenters. The smallest absolute Gasteiger partial charge is 0.125 e. The molecule has 60 valence electrons. The molecule has 11 heavy (non-hydrogen) atoms. The van der Waals surface area contributed by atoms with Crippen molar-refractivity contribution in [3.63, 3.8) is 0 Å². The Morgan fingerprint density at radius 3 is 2.82 bits per heavy atom. The summed E-state index contributed by atoms with van der Waals surface area (Å²) in [5.74, 6) is 0. The number of aldehydes is 1. The van der Waals surface area contributed by atoms with Crippen LogP contribution >= 0.6 is 0 Å². The van der Waals surface area contributed by atoms with Crippen molar-refractivity contribution in [2.24, 2.45) is 5.41 Å². The number of H-pyrrole nitrogens is 1. The third kappa shape index (κ3) is 2.22. The van der Waals surface area contributed by atoms with E-state index in [9.17, 15) is 4.79 Å². The van der Waals surface area contributed by atoms with Gasteiger partial charge in [-0.3, -0.25) is 0 Å². The lowest BCUT2D eigenvalue weighted by molar-refractivity contribution is -0.114. The number of aromatic amines is 1. The van der Waals surface area contributed by atoms with Gasteiger partial charge in [-0.2, -0.15) is 0 Å². The van der Waals surface area contributed by atoms with Gasteiger partial charge in [0.2, 0.25) is 0 Å². The van der Waals surface area contributed by atoms with Gasteiger partial charge in [-0.25, -0.2) is 0 Å². The Labute approximate surface area is 66.6 Å². The van der Waals surface area contributed by atoms with E-state index in [0.29, 0.717) is 0 Å². The maximum Gasteiger partial charge on any atom is 0.125 e. The maximum absolute atomic E-state index is 10.5. The van der Waals surface area contributed by atoms with Crippen molar-refractivity contribution in [2.45, 2.75) is 20.3 Å². The third-order valence-corrected chi connectivity index (χ3v) is 1.64. The average molecular weight is 151 g/mol. The zero-order chi connectivity index (χ0) is 8.32. The van der Waals surface area contributed by atoms with Crippen LogP contribution in [0.25, 0.3) is 0 Å². The summed E-state index contributed by atoms with van der Waals surface area (Å²) in [5.41, 5.74) is 0.949. The first kappa shape index (κ1) is 8.05. The lowest BCUT2D eigenvalue weighted by Crippen LogP contribution is -2.15. The van der Waals surface area contributed by atoms with E-state index in [-0.39, 0.29) is 5.41 Å². The van der Waals surface area contributed by atoms with Crippen LogP contribution in [0.1, 0.15) is 19.4 Å². The van der Waals surface area contributed by atoms with Crippen LogP contribution in [0.2, 0.25) is 0 Å². The van der Waals surface area contributed by atoms with E-state index in [0.717, 1.165) is 12.7 Å². The molecule has 1 N–H and O–H groups in total. The maximum atomic E-state index is 10.5. The fourth-order valence-electron chi connectivity index (χ4n) is 1.04. The molecule has 0 fully saturated rings. The highest BCUT2D eigenvalue weighted by Crippen LogP contribution is 2.17. The number of nitrogens with one attached hydrogen (secondary N) is 1. The predicted molar refractivity (Wildman–Crippen MR) is 44.3 cm³/mol. The number of carbonyl (C=O) groups excluding carboxylic acids is 1. The molecule has 1 rings (SSSR count). The summed E-state index contributed by atoms with van der Waals surface area (Å²) >= 11 is 0. The molecule has 2 nitrogen and oxygen atoms in total. The second-order valence-corrected chi connectivity index (χ2v) is 3.50. The van der Waals surface area contributed by atoms with Gasteiger partial charge < -0.3 is 9.78 Å². The fourth-order valence-corrected chi connectivity index (χ4v) is 1.04. The Morgan fingerprint density at radius 2 is 2.36 bits per heavy atom. The third-order valence-electron chi connectivity index (χ3n) is 1.64. The van der Waals surface area contributed by atoms with E-state index in [1.165, 1.54) is 5.56 Å². The number of carbonyl (C=O) groups is 1. The summed E-state index contributed by atoms with van der Waals surface area (Å²) in [6, 6.07) is 1.99. The lowest BCUT2D eigenvalue weighted by atomic mass is 9.89. The molecule has 1 aromatic rings. The first-order valence-corrected chi connectivity index (χ1v) is 3.72. The summed E-state index contributed by atoms with van der Waals surface area (Å²) in [6.07, 6.45) is 5.60. The molecule has 1 heterocycles. The molecular weight excluding hydrogens is 138 g/mol. The van der Waals surface area contributed by atoms with Gasteiger partial charge in [0.15, 0.2) is 0 Å². The minimum absolute atomic E-state index is 0.234. The molecule has 0 saturated heterocycles. The van der Waals surface area contributed by atoms with Crippen LogP contribution in [0.5, 0.6) is 0 Å². The lowest BCUT2D eigenvalue weighted by Gasteiger charge is -2.14. The molecule has 0 amide bonds. The summed E-state index contributed by atoms with van der Waals surface area (Å²) in [4.78, 5) is 13.5. The summed E-state index contributed by atoms with van der Waals surface area (Å²) in [7, 11) is 0. The molecular formula is C9H13NO. The normalized spacial score (nSPS) is 11.5. The Kier molecular flexibility index (Phi) is 2.13. The van der Waals surface area contributed by atoms with Crippen molar-refractivity contribution in [3.8, 4) is 0 Å². The van der Waals surface area contributed by atoms with Gasteiger partial charge in [0, 0.05) is 17.8 Å². The van der Waals surface area contributed by atoms with E-state index < -0.39 is 0 Å². The van der Waals surface area contributed by atoms with E-state index in [4.69, 9.17) is 0 Å². The zero-order valence-corrected chi connectivity index (χ0v) is 6.92. The second kappa shape index (κ2) is 2.91. The molecule has 0 aliphatic heterocycles. The molecule has 0 radical (unpaired) electrons. The number of aromatic nitrogens is 1. The predicted octanol–water partition coefficient (Wildman–Crippen LogP) is 1.78. The van der Waals surface area contributed by atoms with Crippen molar-refractivity contribution in [2.75, 3.05) is 0 Å². The summed E-state index contributed by atoms with van der Waals surface area (Å²) < 4.78 is 0. The standard InChI is InChI=1S/C9H13NO/c1-9(2,7-11)5-8-3-4-10-6-8/h3-4,6-7,10H,5H2,1-2H3. The van der Waals surface area contributed by atoms with Crippen molar-refractivity contribution in [3.05, 3.63) is 24.0 Å². The Morgan fingerprint density at radius 1 is 1.64 bits per heavy atom. The molecule has 1 aromatic heterocycles. The number of rotatable bonds is 3. The average Bonchev–Trinajstić information content (AvgIpc) is 2.39. The molecule has 0 bridgehead atoms. The largest absolute Gasteiger partial charge is 0.367 e. The van der Waals surface area contributed by atoms with E-state index in [1.54, 1.807) is 0 Å². The van der Waals surface area contributed by atoms with Gasteiger partial charge in [0.1, 0.15) is 6.29 Å². The second-order valence-electron chi connectivity index (χ2n) is 3.50. The summed E-state index contributed by atoms with van der Waals surface area (Å²) in [6.45, 7) is 3.88. The zero-order valence-electron chi connectivity index (χ0n) is 6.92. The SMILES string of the molecule is CC(C)(C=O)Cc1cc[nH]c1. The van der Waals surface area contributed by atoms with Gasteiger partial charge in [-0.05, 0) is 18.1 Å². The quantitative estimate of drug-likeness (QED) is 0.656. The van der Waals surface area contributed by atoms with Crippen molar-refractivity contribution in [1.29, 1.82) is 0 Å². The first-order valence-electron chi connectivity index (χ1n) is 3.72. The van der Waals surface area contributed by atoms with E-state index in [1.807, 2.05) is 32.3 Å². The molecule has 0 spiro atoms. The summed E-state index contributed by atoms with van der Waals surface area (Å²) in [5, 5.41) is 0. The minimum Gasteiger partial charge on any atom is -0.367 e. The minimum atomic E-state index is -0.234. The van der Waals surface area contributed by atoms with Crippen LogP contribution in [0.3, 0.4) is 0 Å². The highest BCUT2D eigenvalue weighted by molar-refractivity contribution is 5.58. The van der Waals surface area contributed by atoms with Crippen LogP contribution in [0, 0.1) is 5.41 Å². The van der Waals surface area contributed by atoms with Crippen LogP contribution in [0.4, 0.5) is 0 Å². The van der Waals surface area contributed by atoms with E-state index >= 15 is 0 Å². The Bertz CT molecular complexity index is 224. The van der Waals surface area contributed by atoms with E-state index in [2.05, 4.69) is 4.98 Å². The molecule has 2 heteroatoms. The van der Waals surface area contributed by atoms with Crippen molar-refractivity contribution in [1.82, 2.24) is 4.98 Å². The molecule has 0 unspecified atom stereocenters. The topological polar surface area (TPSA) is 32.9 Å². The monoisotopic (exact) mass is 151 g/mol. The van der Waals surface area contributed by atoms with Crippen LogP contribution < -0.4 is 0 Å². The van der Waals surface area contributed by atoms with Gasteiger partial charge in [-0.15, -0.1) is 0 Å². The van der Waals surface area contributed by atoms with Gasteiger partial charge in [0.05, 0.1) is 0 Å². The van der Waals surface area contributed by atoms with Gasteiger partial charge >= 0.3 is 0 Å². The molecule has 0 saturated carbocycles. The van der Waals surface area contributed by atoms with Crippen LogP contribution in [0.15, 0.2) is 18.5 Å². The molecule has 0 aromatic carbocycles. The Hall–Kier alpha value is -1.05.